The summed E-state index contributed by atoms with van der Waals surface area (Å²) in [5, 5.41) is 0. The van der Waals surface area contributed by atoms with Crippen molar-refractivity contribution in [1.29, 1.82) is 0 Å². The minimum Gasteiger partial charge on any atom is -0.446 e. The van der Waals surface area contributed by atoms with E-state index in [1.54, 1.807) is 0 Å². The lowest BCUT2D eigenvalue weighted by Crippen LogP contribution is -2.44. The summed E-state index contributed by atoms with van der Waals surface area (Å²) in [5.74, 6) is 0.308. The van der Waals surface area contributed by atoms with E-state index < -0.39 is 6.09 Å². The quantitative estimate of drug-likeness (QED) is 0.737. The topological polar surface area (TPSA) is 77.4 Å². The lowest BCUT2D eigenvalue weighted by molar-refractivity contribution is 0.00502. The molecule has 5 atom stereocenters. The molecule has 1 aliphatic carbocycles. The number of rotatable bonds is 2. The molecule has 17 heavy (non-hydrogen) atoms. The number of primary amides is 1. The molecule has 1 spiro atoms. The Morgan fingerprint density at radius 3 is 2.65 bits per heavy atom. The smallest absolute Gasteiger partial charge is 0.404 e. The second-order valence-electron chi connectivity index (χ2n) is 5.68. The Morgan fingerprint density at radius 1 is 1.53 bits per heavy atom. The van der Waals surface area contributed by atoms with Crippen LogP contribution in [-0.2, 0) is 14.2 Å². The number of amides is 1. The predicted octanol–water partition coefficient (Wildman–Crippen LogP) is 1.20. The van der Waals surface area contributed by atoms with Gasteiger partial charge in [-0.05, 0) is 33.1 Å². The van der Waals surface area contributed by atoms with Gasteiger partial charge in [-0.3, -0.25) is 0 Å². The highest BCUT2D eigenvalue weighted by Gasteiger charge is 2.67. The number of nitrogens with two attached hydrogens (primary N) is 1. The van der Waals surface area contributed by atoms with Crippen molar-refractivity contribution in [3.05, 3.63) is 0 Å². The van der Waals surface area contributed by atoms with Crippen LogP contribution in [0.25, 0.3) is 0 Å². The van der Waals surface area contributed by atoms with E-state index in [0.717, 1.165) is 25.9 Å². The van der Waals surface area contributed by atoms with Crippen LogP contribution in [0.4, 0.5) is 4.79 Å². The number of epoxide rings is 2. The number of carbonyl (C=O) groups excluding carboxylic acids is 1. The summed E-state index contributed by atoms with van der Waals surface area (Å²) < 4.78 is 16.5. The van der Waals surface area contributed by atoms with Gasteiger partial charge in [-0.25, -0.2) is 4.79 Å². The van der Waals surface area contributed by atoms with E-state index in [-0.39, 0.29) is 23.4 Å². The summed E-state index contributed by atoms with van der Waals surface area (Å²) in [6, 6.07) is 0. The van der Waals surface area contributed by atoms with Crippen LogP contribution >= 0.6 is 0 Å². The molecule has 1 saturated carbocycles. The molecule has 5 heteroatoms. The Kier molecular flexibility index (Phi) is 2.23. The number of carbonyl (C=O) groups is 1. The molecule has 5 unspecified atom stereocenters. The van der Waals surface area contributed by atoms with Crippen LogP contribution in [0.5, 0.6) is 0 Å². The molecule has 0 aromatic carbocycles. The number of hydrogen-bond acceptors (Lipinski definition) is 4. The zero-order valence-electron chi connectivity index (χ0n) is 10.3. The fourth-order valence-electron chi connectivity index (χ4n) is 3.35. The second-order valence-corrected chi connectivity index (χ2v) is 5.68. The summed E-state index contributed by atoms with van der Waals surface area (Å²) in [7, 11) is 0. The van der Waals surface area contributed by atoms with E-state index in [2.05, 4.69) is 13.8 Å². The SMILES string of the molecule is CC1OC1(C)C1CC(OC(N)=O)CCC12CO2. The standard InChI is InChI=1S/C12H19NO4/c1-7-11(2,17-7)9-5-8(16-10(13)14)3-4-12(9)6-15-12/h7-9H,3-6H2,1-2H3,(H2,13,14). The van der Waals surface area contributed by atoms with Gasteiger partial charge in [0.25, 0.3) is 0 Å². The van der Waals surface area contributed by atoms with Gasteiger partial charge in [0.05, 0.1) is 23.9 Å². The van der Waals surface area contributed by atoms with E-state index in [1.165, 1.54) is 0 Å². The monoisotopic (exact) mass is 241 g/mol. The first-order valence-corrected chi connectivity index (χ1v) is 6.24. The first-order valence-electron chi connectivity index (χ1n) is 6.24. The number of hydrogen-bond donors (Lipinski definition) is 1. The van der Waals surface area contributed by atoms with Gasteiger partial charge in [-0.15, -0.1) is 0 Å². The summed E-state index contributed by atoms with van der Waals surface area (Å²) in [5.41, 5.74) is 4.95. The molecule has 96 valence electrons. The van der Waals surface area contributed by atoms with Crippen molar-refractivity contribution in [3.63, 3.8) is 0 Å². The Morgan fingerprint density at radius 2 is 2.18 bits per heavy atom. The summed E-state index contributed by atoms with van der Waals surface area (Å²) in [4.78, 5) is 10.8. The molecule has 0 radical (unpaired) electrons. The highest BCUT2D eigenvalue weighted by molar-refractivity contribution is 5.64. The average Bonchev–Trinajstić information content (AvgIpc) is 3.12. The normalized spacial score (nSPS) is 52.2. The zero-order chi connectivity index (χ0) is 12.3. The Hall–Kier alpha value is -0.810. The fraction of sp³-hybridized carbons (Fsp3) is 0.917. The van der Waals surface area contributed by atoms with Crippen LogP contribution in [0.15, 0.2) is 0 Å². The molecule has 5 nitrogen and oxygen atoms in total. The Bertz CT molecular complexity index is 352. The van der Waals surface area contributed by atoms with Crippen molar-refractivity contribution < 1.29 is 19.0 Å². The summed E-state index contributed by atoms with van der Waals surface area (Å²) in [6.45, 7) is 5.01. The van der Waals surface area contributed by atoms with Gasteiger partial charge < -0.3 is 19.9 Å². The van der Waals surface area contributed by atoms with E-state index in [1.807, 2.05) is 0 Å². The summed E-state index contributed by atoms with van der Waals surface area (Å²) >= 11 is 0. The van der Waals surface area contributed by atoms with E-state index in [4.69, 9.17) is 19.9 Å². The van der Waals surface area contributed by atoms with Gasteiger partial charge in [0, 0.05) is 5.92 Å². The van der Waals surface area contributed by atoms with Crippen molar-refractivity contribution >= 4 is 6.09 Å². The Labute approximate surface area is 101 Å². The van der Waals surface area contributed by atoms with Crippen molar-refractivity contribution in [2.45, 2.75) is 56.5 Å². The lowest BCUT2D eigenvalue weighted by Gasteiger charge is -2.36. The molecule has 0 bridgehead atoms. The van der Waals surface area contributed by atoms with Crippen molar-refractivity contribution in [2.24, 2.45) is 11.7 Å². The zero-order valence-corrected chi connectivity index (χ0v) is 10.3. The fourth-order valence-corrected chi connectivity index (χ4v) is 3.35. The molecule has 2 N–H and O–H groups in total. The molecular weight excluding hydrogens is 222 g/mol. The molecule has 0 aromatic rings. The largest absolute Gasteiger partial charge is 0.446 e. The highest BCUT2D eigenvalue weighted by atomic mass is 16.6. The maximum absolute atomic E-state index is 10.8. The maximum Gasteiger partial charge on any atom is 0.404 e. The second kappa shape index (κ2) is 3.36. The molecular formula is C12H19NO4. The van der Waals surface area contributed by atoms with Gasteiger partial charge >= 0.3 is 6.09 Å². The maximum atomic E-state index is 10.8. The first kappa shape index (κ1) is 11.3. The molecule has 3 rings (SSSR count). The van der Waals surface area contributed by atoms with Gasteiger partial charge in [0.15, 0.2) is 0 Å². The van der Waals surface area contributed by atoms with Crippen LogP contribution in [0, 0.1) is 5.92 Å². The van der Waals surface area contributed by atoms with Gasteiger partial charge in [0.1, 0.15) is 6.10 Å². The minimum atomic E-state index is -0.684. The molecule has 3 fully saturated rings. The third-order valence-electron chi connectivity index (χ3n) is 4.69. The third kappa shape index (κ3) is 1.72. The Balaban J connectivity index is 1.72. The van der Waals surface area contributed by atoms with Crippen LogP contribution in [0.3, 0.4) is 0 Å². The number of ether oxygens (including phenoxy) is 3. The van der Waals surface area contributed by atoms with Crippen LogP contribution in [0.2, 0.25) is 0 Å². The van der Waals surface area contributed by atoms with E-state index in [9.17, 15) is 4.79 Å². The third-order valence-corrected chi connectivity index (χ3v) is 4.69. The van der Waals surface area contributed by atoms with Gasteiger partial charge in [-0.2, -0.15) is 0 Å². The van der Waals surface area contributed by atoms with Crippen LogP contribution in [0.1, 0.15) is 33.1 Å². The van der Waals surface area contributed by atoms with Gasteiger partial charge in [-0.1, -0.05) is 0 Å². The molecule has 0 aromatic heterocycles. The van der Waals surface area contributed by atoms with E-state index in [0.29, 0.717) is 5.92 Å². The van der Waals surface area contributed by atoms with Crippen molar-refractivity contribution in [3.8, 4) is 0 Å². The van der Waals surface area contributed by atoms with Crippen molar-refractivity contribution in [2.75, 3.05) is 6.61 Å². The first-order chi connectivity index (χ1) is 7.96. The molecule has 1 amide bonds. The highest BCUT2D eigenvalue weighted by Crippen LogP contribution is 2.58. The van der Waals surface area contributed by atoms with Crippen molar-refractivity contribution in [1.82, 2.24) is 0 Å². The molecule has 2 saturated heterocycles. The molecule has 2 aliphatic heterocycles. The predicted molar refractivity (Wildman–Crippen MR) is 59.4 cm³/mol. The van der Waals surface area contributed by atoms with Gasteiger partial charge in [0.2, 0.25) is 0 Å². The van der Waals surface area contributed by atoms with E-state index >= 15 is 0 Å². The minimum absolute atomic E-state index is 0.0168. The van der Waals surface area contributed by atoms with Crippen LogP contribution in [-0.4, -0.2) is 36.1 Å². The summed E-state index contributed by atoms with van der Waals surface area (Å²) in [6.07, 6.45) is 2.06. The van der Waals surface area contributed by atoms with Crippen LogP contribution < -0.4 is 5.73 Å². The lowest BCUT2D eigenvalue weighted by atomic mass is 9.70. The molecule has 2 heterocycles. The average molecular weight is 241 g/mol. The molecule has 3 aliphatic rings.